The lowest BCUT2D eigenvalue weighted by Gasteiger charge is -2.02. The Hall–Kier alpha value is -1.13. The van der Waals surface area contributed by atoms with Crippen LogP contribution in [0.15, 0.2) is 34.8 Å². The van der Waals surface area contributed by atoms with Crippen LogP contribution >= 0.6 is 27.3 Å². The van der Waals surface area contributed by atoms with Gasteiger partial charge in [-0.3, -0.25) is 4.79 Å². The number of benzene rings is 1. The highest BCUT2D eigenvalue weighted by Gasteiger charge is 2.14. The average molecular weight is 296 g/mol. The first-order chi connectivity index (χ1) is 7.58. The molecule has 1 heterocycles. The molecule has 0 atom stereocenters. The number of hydrogen-bond acceptors (Lipinski definition) is 3. The van der Waals surface area contributed by atoms with Crippen LogP contribution < -0.4 is 5.73 Å². The quantitative estimate of drug-likeness (QED) is 0.679. The van der Waals surface area contributed by atoms with Gasteiger partial charge in [0.2, 0.25) is 5.78 Å². The molecule has 2 aromatic rings. The fourth-order valence-corrected chi connectivity index (χ4v) is 2.80. The van der Waals surface area contributed by atoms with E-state index in [0.29, 0.717) is 11.3 Å². The largest absolute Gasteiger partial charge is 0.399 e. The van der Waals surface area contributed by atoms with Crippen LogP contribution in [0.1, 0.15) is 20.1 Å². The minimum absolute atomic E-state index is 0.0324. The number of ketones is 1. The molecule has 2 nitrogen and oxygen atoms in total. The number of aryl methyl sites for hydroxylation is 1. The third-order valence-corrected chi connectivity index (χ3v) is 3.86. The number of thiophene rings is 1. The van der Waals surface area contributed by atoms with Crippen LogP contribution in [-0.4, -0.2) is 5.78 Å². The standard InChI is InChI=1S/C12H10BrNOS/c1-7-2-5-11(16-7)12(15)9-4-3-8(14)6-10(9)13/h2-6H,14H2,1H3. The number of nitrogens with two attached hydrogens (primary N) is 1. The van der Waals surface area contributed by atoms with Gasteiger partial charge in [0.15, 0.2) is 0 Å². The molecule has 2 N–H and O–H groups in total. The number of nitrogen functional groups attached to an aromatic ring is 1. The van der Waals surface area contributed by atoms with Gasteiger partial charge in [-0.15, -0.1) is 11.3 Å². The maximum Gasteiger partial charge on any atom is 0.204 e. The highest BCUT2D eigenvalue weighted by atomic mass is 79.9. The van der Waals surface area contributed by atoms with Crippen LogP contribution in [0.25, 0.3) is 0 Å². The first kappa shape index (κ1) is 11.4. The van der Waals surface area contributed by atoms with Crippen molar-refractivity contribution in [3.63, 3.8) is 0 Å². The summed E-state index contributed by atoms with van der Waals surface area (Å²) < 4.78 is 0.739. The third-order valence-electron chi connectivity index (χ3n) is 2.20. The summed E-state index contributed by atoms with van der Waals surface area (Å²) in [5.41, 5.74) is 6.93. The van der Waals surface area contributed by atoms with E-state index in [1.54, 1.807) is 18.2 Å². The third kappa shape index (κ3) is 2.18. The second-order valence-corrected chi connectivity index (χ2v) is 5.62. The summed E-state index contributed by atoms with van der Waals surface area (Å²) in [5.74, 6) is 0.0324. The molecule has 0 spiro atoms. The first-order valence-corrected chi connectivity index (χ1v) is 6.35. The maximum atomic E-state index is 12.1. The fraction of sp³-hybridized carbons (Fsp3) is 0.0833. The van der Waals surface area contributed by atoms with Gasteiger partial charge in [-0.2, -0.15) is 0 Å². The molecule has 82 valence electrons. The molecule has 0 saturated heterocycles. The van der Waals surface area contributed by atoms with Crippen molar-refractivity contribution in [2.75, 3.05) is 5.73 Å². The molecule has 0 unspecified atom stereocenters. The van der Waals surface area contributed by atoms with Crippen molar-refractivity contribution >= 4 is 38.7 Å². The molecular weight excluding hydrogens is 286 g/mol. The molecule has 0 radical (unpaired) electrons. The second kappa shape index (κ2) is 4.39. The maximum absolute atomic E-state index is 12.1. The number of anilines is 1. The summed E-state index contributed by atoms with van der Waals surface area (Å²) in [4.78, 5) is 14.0. The Morgan fingerprint density at radius 1 is 1.31 bits per heavy atom. The van der Waals surface area contributed by atoms with Crippen LogP contribution in [0.5, 0.6) is 0 Å². The van der Waals surface area contributed by atoms with Crippen molar-refractivity contribution in [2.45, 2.75) is 6.92 Å². The lowest BCUT2D eigenvalue weighted by Crippen LogP contribution is -2.00. The van der Waals surface area contributed by atoms with Crippen molar-refractivity contribution in [3.8, 4) is 0 Å². The summed E-state index contributed by atoms with van der Waals surface area (Å²) in [5, 5.41) is 0. The van der Waals surface area contributed by atoms with Crippen molar-refractivity contribution in [3.05, 3.63) is 50.1 Å². The monoisotopic (exact) mass is 295 g/mol. The molecule has 0 fully saturated rings. The van der Waals surface area contributed by atoms with Crippen molar-refractivity contribution < 1.29 is 4.79 Å². The molecule has 2 rings (SSSR count). The van der Waals surface area contributed by atoms with E-state index in [0.717, 1.165) is 14.2 Å². The van der Waals surface area contributed by atoms with Crippen LogP contribution in [0.3, 0.4) is 0 Å². The Balaban J connectivity index is 2.41. The molecule has 0 saturated carbocycles. The van der Waals surface area contributed by atoms with E-state index in [1.165, 1.54) is 11.3 Å². The van der Waals surface area contributed by atoms with Gasteiger partial charge in [0.1, 0.15) is 0 Å². The summed E-state index contributed by atoms with van der Waals surface area (Å²) in [6.07, 6.45) is 0. The van der Waals surface area contributed by atoms with E-state index in [4.69, 9.17) is 5.73 Å². The smallest absolute Gasteiger partial charge is 0.204 e. The first-order valence-electron chi connectivity index (χ1n) is 4.74. The molecule has 4 heteroatoms. The Morgan fingerprint density at radius 2 is 2.06 bits per heavy atom. The summed E-state index contributed by atoms with van der Waals surface area (Å²) in [6.45, 7) is 1.99. The van der Waals surface area contributed by atoms with Crippen molar-refractivity contribution in [1.29, 1.82) is 0 Å². The number of rotatable bonds is 2. The number of carbonyl (C=O) groups excluding carboxylic acids is 1. The highest BCUT2D eigenvalue weighted by molar-refractivity contribution is 9.10. The summed E-state index contributed by atoms with van der Waals surface area (Å²) in [7, 11) is 0. The van der Waals surface area contributed by atoms with Crippen molar-refractivity contribution in [1.82, 2.24) is 0 Å². The Labute approximate surface area is 106 Å². The van der Waals surface area contributed by atoms with E-state index < -0.39 is 0 Å². The Kier molecular flexibility index (Phi) is 3.12. The van der Waals surface area contributed by atoms with Gasteiger partial charge in [0.05, 0.1) is 4.88 Å². The van der Waals surface area contributed by atoms with E-state index in [-0.39, 0.29) is 5.78 Å². The molecule has 0 bridgehead atoms. The summed E-state index contributed by atoms with van der Waals surface area (Å²) >= 11 is 4.86. The van der Waals surface area contributed by atoms with Crippen LogP contribution in [0.2, 0.25) is 0 Å². The number of carbonyl (C=O) groups is 1. The molecule has 0 aliphatic carbocycles. The Bertz CT molecular complexity index is 548. The molecular formula is C12H10BrNOS. The fourth-order valence-electron chi connectivity index (χ4n) is 1.40. The molecule has 0 amide bonds. The van der Waals surface area contributed by atoms with Gasteiger partial charge >= 0.3 is 0 Å². The van der Waals surface area contributed by atoms with Crippen LogP contribution in [0, 0.1) is 6.92 Å². The van der Waals surface area contributed by atoms with Crippen LogP contribution in [-0.2, 0) is 0 Å². The van der Waals surface area contributed by atoms with Gasteiger partial charge < -0.3 is 5.73 Å². The normalized spacial score (nSPS) is 10.4. The molecule has 16 heavy (non-hydrogen) atoms. The minimum Gasteiger partial charge on any atom is -0.399 e. The van der Waals surface area contributed by atoms with E-state index in [2.05, 4.69) is 15.9 Å². The molecule has 1 aromatic carbocycles. The zero-order valence-electron chi connectivity index (χ0n) is 8.66. The highest BCUT2D eigenvalue weighted by Crippen LogP contribution is 2.25. The number of halogens is 1. The molecule has 0 aliphatic heterocycles. The van der Waals surface area contributed by atoms with Gasteiger partial charge in [-0.05, 0) is 53.2 Å². The predicted molar refractivity (Wildman–Crippen MR) is 71.0 cm³/mol. The van der Waals surface area contributed by atoms with Crippen molar-refractivity contribution in [2.24, 2.45) is 0 Å². The van der Waals surface area contributed by atoms with Gasteiger partial charge in [-0.1, -0.05) is 0 Å². The zero-order chi connectivity index (χ0) is 11.7. The number of hydrogen-bond donors (Lipinski definition) is 1. The Morgan fingerprint density at radius 3 is 2.62 bits per heavy atom. The molecule has 0 aliphatic rings. The van der Waals surface area contributed by atoms with E-state index in [1.807, 2.05) is 19.1 Å². The molecule has 1 aromatic heterocycles. The van der Waals surface area contributed by atoms with E-state index in [9.17, 15) is 4.79 Å². The van der Waals surface area contributed by atoms with Gasteiger partial charge in [0.25, 0.3) is 0 Å². The van der Waals surface area contributed by atoms with Gasteiger partial charge in [0, 0.05) is 20.6 Å². The predicted octanol–water partition coefficient (Wildman–Crippen LogP) is 3.63. The lowest BCUT2D eigenvalue weighted by atomic mass is 10.1. The summed E-state index contributed by atoms with van der Waals surface area (Å²) in [6, 6.07) is 9.02. The average Bonchev–Trinajstić information content (AvgIpc) is 2.64. The van der Waals surface area contributed by atoms with Crippen LogP contribution in [0.4, 0.5) is 5.69 Å². The van der Waals surface area contributed by atoms with Gasteiger partial charge in [-0.25, -0.2) is 0 Å². The minimum atomic E-state index is 0.0324. The zero-order valence-corrected chi connectivity index (χ0v) is 11.1. The lowest BCUT2D eigenvalue weighted by molar-refractivity contribution is 0.104. The second-order valence-electron chi connectivity index (χ2n) is 3.48. The topological polar surface area (TPSA) is 43.1 Å². The van der Waals surface area contributed by atoms with E-state index >= 15 is 0 Å². The SMILES string of the molecule is Cc1ccc(C(=O)c2ccc(N)cc2Br)s1.